The minimum absolute atomic E-state index is 0.200. The zero-order valence-corrected chi connectivity index (χ0v) is 12.6. The molecule has 0 aromatic rings. The second kappa shape index (κ2) is 15.5. The minimum atomic E-state index is -0.200. The highest BCUT2D eigenvalue weighted by Crippen LogP contribution is 2.05. The van der Waals surface area contributed by atoms with Crippen LogP contribution in [0.1, 0.15) is 57.8 Å². The van der Waals surface area contributed by atoms with Gasteiger partial charge >= 0.3 is 0 Å². The lowest BCUT2D eigenvalue weighted by atomic mass is 10.1. The molecule has 2 N–H and O–H groups in total. The summed E-state index contributed by atoms with van der Waals surface area (Å²) in [5.41, 5.74) is 5.07. The fourth-order valence-electron chi connectivity index (χ4n) is 1.80. The van der Waals surface area contributed by atoms with Crippen molar-refractivity contribution in [3.05, 3.63) is 49.1 Å². The van der Waals surface area contributed by atoms with E-state index < -0.39 is 0 Å². The topological polar surface area (TPSA) is 43.1 Å². The lowest BCUT2D eigenvalue weighted by Crippen LogP contribution is -2.09. The van der Waals surface area contributed by atoms with Gasteiger partial charge in [0, 0.05) is 6.42 Å². The van der Waals surface area contributed by atoms with Crippen LogP contribution in [0, 0.1) is 0 Å². The molecule has 0 atom stereocenters. The molecule has 112 valence electrons. The Morgan fingerprint density at radius 3 is 1.80 bits per heavy atom. The van der Waals surface area contributed by atoms with Crippen LogP contribution < -0.4 is 5.73 Å². The number of carbonyl (C=O) groups is 1. The van der Waals surface area contributed by atoms with E-state index in [2.05, 4.69) is 37.0 Å². The molecule has 2 nitrogen and oxygen atoms in total. The molecule has 0 radical (unpaired) electrons. The Morgan fingerprint density at radius 2 is 1.30 bits per heavy atom. The lowest BCUT2D eigenvalue weighted by Gasteiger charge is -1.94. The van der Waals surface area contributed by atoms with Gasteiger partial charge in [-0.25, -0.2) is 0 Å². The van der Waals surface area contributed by atoms with E-state index in [4.69, 9.17) is 5.73 Å². The summed E-state index contributed by atoms with van der Waals surface area (Å²) in [6, 6.07) is 0. The molecule has 0 unspecified atom stereocenters. The zero-order chi connectivity index (χ0) is 14.9. The molecule has 0 fully saturated rings. The van der Waals surface area contributed by atoms with Gasteiger partial charge in [0.15, 0.2) is 0 Å². The number of nitrogens with two attached hydrogens (primary N) is 1. The van der Waals surface area contributed by atoms with Gasteiger partial charge in [-0.1, -0.05) is 55.5 Å². The molecular formula is C18H29NO. The predicted octanol–water partition coefficient (Wildman–Crippen LogP) is 4.84. The van der Waals surface area contributed by atoms with Gasteiger partial charge in [-0.05, 0) is 44.9 Å². The maximum absolute atomic E-state index is 10.5. The fraction of sp³-hybridized carbons (Fsp3) is 0.500. The highest BCUT2D eigenvalue weighted by atomic mass is 16.1. The van der Waals surface area contributed by atoms with Crippen LogP contribution in [0.2, 0.25) is 0 Å². The van der Waals surface area contributed by atoms with Crippen molar-refractivity contribution in [2.75, 3.05) is 0 Å². The van der Waals surface area contributed by atoms with Crippen LogP contribution in [0.25, 0.3) is 0 Å². The molecule has 0 aliphatic rings. The van der Waals surface area contributed by atoms with Crippen LogP contribution in [-0.4, -0.2) is 5.91 Å². The van der Waals surface area contributed by atoms with Crippen LogP contribution in [0.4, 0.5) is 0 Å². The third-order valence-corrected chi connectivity index (χ3v) is 2.94. The van der Waals surface area contributed by atoms with Crippen molar-refractivity contribution in [3.8, 4) is 0 Å². The maximum Gasteiger partial charge on any atom is 0.217 e. The van der Waals surface area contributed by atoms with Crippen molar-refractivity contribution >= 4 is 5.91 Å². The van der Waals surface area contributed by atoms with Crippen LogP contribution in [0.15, 0.2) is 49.1 Å². The summed E-state index contributed by atoms with van der Waals surface area (Å²) in [5.74, 6) is -0.200. The van der Waals surface area contributed by atoms with Crippen LogP contribution in [-0.2, 0) is 4.79 Å². The van der Waals surface area contributed by atoms with Gasteiger partial charge in [0.2, 0.25) is 5.91 Å². The van der Waals surface area contributed by atoms with Gasteiger partial charge in [0.05, 0.1) is 0 Å². The zero-order valence-electron chi connectivity index (χ0n) is 12.6. The third-order valence-electron chi connectivity index (χ3n) is 2.94. The Kier molecular flexibility index (Phi) is 14.3. The molecule has 0 aromatic heterocycles. The second-order valence-electron chi connectivity index (χ2n) is 4.87. The van der Waals surface area contributed by atoms with Crippen molar-refractivity contribution in [1.82, 2.24) is 0 Å². The molecule has 0 aromatic carbocycles. The van der Waals surface area contributed by atoms with Crippen molar-refractivity contribution in [2.24, 2.45) is 5.73 Å². The summed E-state index contributed by atoms with van der Waals surface area (Å²) in [6.07, 6.45) is 24.1. The first-order valence-electron chi connectivity index (χ1n) is 7.65. The first kappa shape index (κ1) is 18.4. The molecule has 2 heteroatoms. The quantitative estimate of drug-likeness (QED) is 0.379. The Bertz CT molecular complexity index is 326. The van der Waals surface area contributed by atoms with Gasteiger partial charge in [-0.2, -0.15) is 0 Å². The highest BCUT2D eigenvalue weighted by molar-refractivity contribution is 5.73. The summed E-state index contributed by atoms with van der Waals surface area (Å²) in [7, 11) is 0. The van der Waals surface area contributed by atoms with Crippen LogP contribution >= 0.6 is 0 Å². The molecule has 20 heavy (non-hydrogen) atoms. The number of amides is 1. The predicted molar refractivity (Wildman–Crippen MR) is 88.4 cm³/mol. The van der Waals surface area contributed by atoms with E-state index in [1.807, 2.05) is 12.2 Å². The average Bonchev–Trinajstić information content (AvgIpc) is 2.43. The van der Waals surface area contributed by atoms with Crippen molar-refractivity contribution < 1.29 is 4.79 Å². The first-order chi connectivity index (χ1) is 9.77. The smallest absolute Gasteiger partial charge is 0.217 e. The Labute approximate surface area is 124 Å². The lowest BCUT2D eigenvalue weighted by molar-refractivity contribution is -0.118. The standard InChI is InChI=1S/C18H29NO/c1-2-3-4-5-6-7-8-9-10-11-12-13-14-15-16-17-18(19)20/h2-4,10-13H,1,5-9,14-17H2,(H2,19,20)/b4-3+,11-10+,13-12+. The van der Waals surface area contributed by atoms with E-state index in [0.29, 0.717) is 6.42 Å². The third kappa shape index (κ3) is 16.4. The number of hydrogen-bond acceptors (Lipinski definition) is 1. The number of carbonyl (C=O) groups excluding carboxylic acids is 1. The van der Waals surface area contributed by atoms with Crippen molar-refractivity contribution in [2.45, 2.75) is 57.8 Å². The average molecular weight is 275 g/mol. The summed E-state index contributed by atoms with van der Waals surface area (Å²) >= 11 is 0. The van der Waals surface area contributed by atoms with Gasteiger partial charge in [0.1, 0.15) is 0 Å². The van der Waals surface area contributed by atoms with E-state index in [-0.39, 0.29) is 5.91 Å². The number of primary amides is 1. The van der Waals surface area contributed by atoms with E-state index in [0.717, 1.165) is 32.1 Å². The van der Waals surface area contributed by atoms with E-state index in [9.17, 15) is 4.79 Å². The molecule has 0 rings (SSSR count). The SMILES string of the molecule is C=C/C=C/CCCCC/C=C/C=C/CCCCC(N)=O. The largest absolute Gasteiger partial charge is 0.370 e. The minimum Gasteiger partial charge on any atom is -0.370 e. The molecule has 1 amide bonds. The van der Waals surface area contributed by atoms with Crippen molar-refractivity contribution in [1.29, 1.82) is 0 Å². The molecule has 0 heterocycles. The highest BCUT2D eigenvalue weighted by Gasteiger charge is 1.91. The van der Waals surface area contributed by atoms with Gasteiger partial charge in [-0.3, -0.25) is 4.79 Å². The molecule has 0 aliphatic carbocycles. The van der Waals surface area contributed by atoms with Gasteiger partial charge in [-0.15, -0.1) is 0 Å². The monoisotopic (exact) mass is 275 g/mol. The van der Waals surface area contributed by atoms with Crippen molar-refractivity contribution in [3.63, 3.8) is 0 Å². The molecule has 0 saturated heterocycles. The fourth-order valence-corrected chi connectivity index (χ4v) is 1.80. The number of unbranched alkanes of at least 4 members (excludes halogenated alkanes) is 6. The van der Waals surface area contributed by atoms with Gasteiger partial charge in [0.25, 0.3) is 0 Å². The second-order valence-corrected chi connectivity index (χ2v) is 4.87. The first-order valence-corrected chi connectivity index (χ1v) is 7.65. The normalized spacial score (nSPS) is 11.8. The molecule has 0 bridgehead atoms. The number of allylic oxidation sites excluding steroid dienone is 7. The van der Waals surface area contributed by atoms with E-state index in [1.54, 1.807) is 0 Å². The molecule has 0 aliphatic heterocycles. The summed E-state index contributed by atoms with van der Waals surface area (Å²) in [4.78, 5) is 10.5. The summed E-state index contributed by atoms with van der Waals surface area (Å²) < 4.78 is 0. The molecule has 0 saturated carbocycles. The molecule has 0 spiro atoms. The van der Waals surface area contributed by atoms with E-state index >= 15 is 0 Å². The number of rotatable bonds is 13. The Morgan fingerprint density at radius 1 is 0.800 bits per heavy atom. The Balaban J connectivity index is 3.28. The number of hydrogen-bond donors (Lipinski definition) is 1. The van der Waals surface area contributed by atoms with Crippen LogP contribution in [0.3, 0.4) is 0 Å². The van der Waals surface area contributed by atoms with Gasteiger partial charge < -0.3 is 5.73 Å². The Hall–Kier alpha value is -1.57. The van der Waals surface area contributed by atoms with Crippen LogP contribution in [0.5, 0.6) is 0 Å². The summed E-state index contributed by atoms with van der Waals surface area (Å²) in [5, 5.41) is 0. The summed E-state index contributed by atoms with van der Waals surface area (Å²) in [6.45, 7) is 3.64. The van der Waals surface area contributed by atoms with E-state index in [1.165, 1.54) is 19.3 Å². The maximum atomic E-state index is 10.5. The molecular weight excluding hydrogens is 246 g/mol.